The lowest BCUT2D eigenvalue weighted by Gasteiger charge is -2.37. The molecule has 25 heavy (non-hydrogen) atoms. The Bertz CT molecular complexity index is 763. The monoisotopic (exact) mass is 368 g/mol. The average molecular weight is 369 g/mol. The Balaban J connectivity index is 0.00000225. The van der Waals surface area contributed by atoms with E-state index >= 15 is 0 Å². The molecular formula is C16H22ClFN6O. The van der Waals surface area contributed by atoms with Crippen LogP contribution in [0.2, 0.25) is 0 Å². The summed E-state index contributed by atoms with van der Waals surface area (Å²) in [6.07, 6.45) is 3.61. The molecule has 1 heterocycles. The largest absolute Gasteiger partial charge is 0.326 e. The van der Waals surface area contributed by atoms with Gasteiger partial charge in [0.25, 0.3) is 0 Å². The zero-order valence-electron chi connectivity index (χ0n) is 14.2. The number of aromatic nitrogens is 4. The number of nitrogens with two attached hydrogens (primary N) is 1. The zero-order chi connectivity index (χ0) is 17.3. The van der Waals surface area contributed by atoms with E-state index in [4.69, 9.17) is 5.73 Å². The van der Waals surface area contributed by atoms with Crippen LogP contribution in [0.4, 0.5) is 10.1 Å². The van der Waals surface area contributed by atoms with E-state index in [1.807, 2.05) is 6.92 Å². The molecule has 1 aliphatic carbocycles. The van der Waals surface area contributed by atoms with E-state index < -0.39 is 11.4 Å². The van der Waals surface area contributed by atoms with Gasteiger partial charge in [0.2, 0.25) is 5.91 Å². The molecule has 0 radical (unpaired) electrons. The Morgan fingerprint density at radius 3 is 2.84 bits per heavy atom. The second-order valence-corrected chi connectivity index (χ2v) is 6.60. The first-order chi connectivity index (χ1) is 11.4. The summed E-state index contributed by atoms with van der Waals surface area (Å²) in [6.45, 7) is 3.59. The molecular weight excluding hydrogens is 347 g/mol. The number of nitrogens with zero attached hydrogens (tertiary/aromatic N) is 4. The van der Waals surface area contributed by atoms with Crippen molar-refractivity contribution in [2.45, 2.75) is 45.1 Å². The number of rotatable bonds is 3. The fourth-order valence-electron chi connectivity index (χ4n) is 3.23. The molecule has 0 bridgehead atoms. The standard InChI is InChI=1S/C16H21FN6O.ClH/c1-10-20-21-22-23(10)14-9-11(6-7-13(14)17)19-15(24)12-5-3-4-8-16(12,2)18;/h6-7,9,12H,3-5,8,18H2,1-2H3,(H,19,24);1H. The number of aryl methyl sites for hydroxylation is 1. The van der Waals surface area contributed by atoms with Crippen LogP contribution in [0.15, 0.2) is 18.2 Å². The molecule has 1 aromatic carbocycles. The fourth-order valence-corrected chi connectivity index (χ4v) is 3.23. The molecule has 136 valence electrons. The van der Waals surface area contributed by atoms with Crippen LogP contribution in [0.1, 0.15) is 38.4 Å². The Morgan fingerprint density at radius 2 is 2.20 bits per heavy atom. The summed E-state index contributed by atoms with van der Waals surface area (Å²) in [4.78, 5) is 12.6. The number of hydrogen-bond acceptors (Lipinski definition) is 5. The third kappa shape index (κ3) is 3.96. The second-order valence-electron chi connectivity index (χ2n) is 6.60. The van der Waals surface area contributed by atoms with Gasteiger partial charge in [-0.3, -0.25) is 4.79 Å². The first kappa shape index (κ1) is 19.3. The first-order valence-electron chi connectivity index (χ1n) is 8.03. The van der Waals surface area contributed by atoms with Crippen molar-refractivity contribution < 1.29 is 9.18 Å². The predicted molar refractivity (Wildman–Crippen MR) is 94.3 cm³/mol. The van der Waals surface area contributed by atoms with Gasteiger partial charge in [-0.1, -0.05) is 12.8 Å². The third-order valence-electron chi connectivity index (χ3n) is 4.64. The number of nitrogens with one attached hydrogen (secondary N) is 1. The lowest BCUT2D eigenvalue weighted by Crippen LogP contribution is -2.51. The smallest absolute Gasteiger partial charge is 0.229 e. The molecule has 7 nitrogen and oxygen atoms in total. The number of amides is 1. The maximum Gasteiger partial charge on any atom is 0.229 e. The number of benzene rings is 1. The van der Waals surface area contributed by atoms with Crippen LogP contribution in [0.25, 0.3) is 5.69 Å². The minimum Gasteiger partial charge on any atom is -0.326 e. The molecule has 9 heteroatoms. The van der Waals surface area contributed by atoms with Gasteiger partial charge in [0.1, 0.15) is 11.5 Å². The number of hydrogen-bond donors (Lipinski definition) is 2. The molecule has 1 fully saturated rings. The van der Waals surface area contributed by atoms with E-state index in [1.165, 1.54) is 22.9 Å². The van der Waals surface area contributed by atoms with Crippen LogP contribution in [0.3, 0.4) is 0 Å². The Labute approximate surface area is 151 Å². The van der Waals surface area contributed by atoms with Gasteiger partial charge in [-0.25, -0.2) is 4.39 Å². The van der Waals surface area contributed by atoms with E-state index in [-0.39, 0.29) is 29.9 Å². The molecule has 1 aliphatic rings. The summed E-state index contributed by atoms with van der Waals surface area (Å²) in [6, 6.07) is 4.33. The number of carbonyl (C=O) groups excluding carboxylic acids is 1. The van der Waals surface area contributed by atoms with Crippen molar-refractivity contribution in [3.63, 3.8) is 0 Å². The van der Waals surface area contributed by atoms with Crippen molar-refractivity contribution >= 4 is 24.0 Å². The molecule has 3 N–H and O–H groups in total. The van der Waals surface area contributed by atoms with Crippen LogP contribution >= 0.6 is 12.4 Å². The van der Waals surface area contributed by atoms with Gasteiger partial charge in [0.05, 0.1) is 5.92 Å². The molecule has 0 spiro atoms. The lowest BCUT2D eigenvalue weighted by atomic mass is 9.74. The van der Waals surface area contributed by atoms with Crippen molar-refractivity contribution in [3.8, 4) is 5.69 Å². The van der Waals surface area contributed by atoms with Crippen molar-refractivity contribution in [1.82, 2.24) is 20.2 Å². The lowest BCUT2D eigenvalue weighted by molar-refractivity contribution is -0.122. The van der Waals surface area contributed by atoms with Crippen LogP contribution in [-0.4, -0.2) is 31.7 Å². The number of carbonyl (C=O) groups is 1. The van der Waals surface area contributed by atoms with Gasteiger partial charge in [-0.15, -0.1) is 17.5 Å². The normalized spacial score (nSPS) is 23.0. The molecule has 1 aromatic heterocycles. The first-order valence-corrected chi connectivity index (χ1v) is 8.03. The molecule has 2 atom stereocenters. The highest BCUT2D eigenvalue weighted by atomic mass is 35.5. The molecule has 1 amide bonds. The predicted octanol–water partition coefficient (Wildman–Crippen LogP) is 2.38. The van der Waals surface area contributed by atoms with E-state index in [2.05, 4.69) is 20.8 Å². The Morgan fingerprint density at radius 1 is 1.44 bits per heavy atom. The van der Waals surface area contributed by atoms with Crippen molar-refractivity contribution in [1.29, 1.82) is 0 Å². The minimum atomic E-state index is -0.516. The summed E-state index contributed by atoms with van der Waals surface area (Å²) in [5.41, 5.74) is 6.44. The van der Waals surface area contributed by atoms with Gasteiger partial charge >= 0.3 is 0 Å². The molecule has 2 unspecified atom stereocenters. The minimum absolute atomic E-state index is 0. The van der Waals surface area contributed by atoms with Gasteiger partial charge in [0, 0.05) is 11.2 Å². The summed E-state index contributed by atoms with van der Waals surface area (Å²) in [5, 5.41) is 13.9. The third-order valence-corrected chi connectivity index (χ3v) is 4.64. The van der Waals surface area contributed by atoms with E-state index in [0.717, 1.165) is 25.7 Å². The SMILES string of the molecule is Cc1nnnn1-c1cc(NC(=O)C2CCCCC2(C)N)ccc1F.Cl. The topological polar surface area (TPSA) is 98.7 Å². The summed E-state index contributed by atoms with van der Waals surface area (Å²) >= 11 is 0. The summed E-state index contributed by atoms with van der Waals surface area (Å²) in [5.74, 6) is -0.399. The maximum absolute atomic E-state index is 14.1. The van der Waals surface area contributed by atoms with Crippen LogP contribution in [-0.2, 0) is 4.79 Å². The van der Waals surface area contributed by atoms with Crippen molar-refractivity contribution in [2.75, 3.05) is 5.32 Å². The highest BCUT2D eigenvalue weighted by Gasteiger charge is 2.37. The fraction of sp³-hybridized carbons (Fsp3) is 0.500. The number of halogens is 2. The number of tetrazole rings is 1. The van der Waals surface area contributed by atoms with E-state index in [9.17, 15) is 9.18 Å². The van der Waals surface area contributed by atoms with Gasteiger partial charge in [-0.2, -0.15) is 4.68 Å². The Hall–Kier alpha value is -2.06. The molecule has 0 saturated heterocycles. The molecule has 1 saturated carbocycles. The average Bonchev–Trinajstić information content (AvgIpc) is 2.94. The maximum atomic E-state index is 14.1. The van der Waals surface area contributed by atoms with Crippen LogP contribution in [0.5, 0.6) is 0 Å². The quantitative estimate of drug-likeness (QED) is 0.866. The Kier molecular flexibility index (Phi) is 5.74. The highest BCUT2D eigenvalue weighted by Crippen LogP contribution is 2.32. The molecule has 3 rings (SSSR count). The van der Waals surface area contributed by atoms with Gasteiger partial charge in [0.15, 0.2) is 5.82 Å². The van der Waals surface area contributed by atoms with Crippen molar-refractivity contribution in [2.24, 2.45) is 11.7 Å². The van der Waals surface area contributed by atoms with Crippen LogP contribution in [0, 0.1) is 18.7 Å². The van der Waals surface area contributed by atoms with E-state index in [0.29, 0.717) is 11.5 Å². The molecule has 2 aromatic rings. The summed E-state index contributed by atoms with van der Waals surface area (Å²) < 4.78 is 15.4. The number of anilines is 1. The van der Waals surface area contributed by atoms with Crippen molar-refractivity contribution in [3.05, 3.63) is 29.8 Å². The van der Waals surface area contributed by atoms with Gasteiger partial charge < -0.3 is 11.1 Å². The van der Waals surface area contributed by atoms with Gasteiger partial charge in [-0.05, 0) is 55.3 Å². The van der Waals surface area contributed by atoms with E-state index in [1.54, 1.807) is 6.92 Å². The highest BCUT2D eigenvalue weighted by molar-refractivity contribution is 5.93. The second kappa shape index (κ2) is 7.45. The molecule has 0 aliphatic heterocycles. The zero-order valence-corrected chi connectivity index (χ0v) is 15.0. The summed E-state index contributed by atoms with van der Waals surface area (Å²) in [7, 11) is 0. The van der Waals surface area contributed by atoms with Crippen LogP contribution < -0.4 is 11.1 Å².